The Morgan fingerprint density at radius 2 is 1.93 bits per heavy atom. The van der Waals surface area contributed by atoms with Crippen LogP contribution in [-0.4, -0.2) is 63.4 Å². The van der Waals surface area contributed by atoms with Gasteiger partial charge in [0.05, 0.1) is 28.6 Å². The number of ether oxygens (including phenoxy) is 1. The van der Waals surface area contributed by atoms with Gasteiger partial charge in [-0.3, -0.25) is 9.10 Å². The number of likely N-dealkylation sites (tertiary alicyclic amines) is 1. The molecule has 160 valence electrons. The number of carbonyl (C=O) groups excluding carboxylic acids is 2. The minimum Gasteiger partial charge on any atom is -0.450 e. The number of nitrogens with zero attached hydrogens (tertiary/aromatic N) is 2. The molecule has 2 aliphatic rings. The molecule has 3 rings (SSSR count). The number of piperidine rings is 1. The van der Waals surface area contributed by atoms with E-state index < -0.39 is 10.0 Å². The molecule has 2 heterocycles. The summed E-state index contributed by atoms with van der Waals surface area (Å²) in [5, 5.41) is 3.22. The van der Waals surface area contributed by atoms with E-state index >= 15 is 0 Å². The van der Waals surface area contributed by atoms with E-state index in [4.69, 9.17) is 16.3 Å². The summed E-state index contributed by atoms with van der Waals surface area (Å²) in [5.41, 5.74) is 0.703. The number of hydrogen-bond acceptors (Lipinski definition) is 5. The number of rotatable bonds is 4. The lowest BCUT2D eigenvalue weighted by molar-refractivity contribution is 0.0860. The highest BCUT2D eigenvalue weighted by atomic mass is 35.5. The topological polar surface area (TPSA) is 96.0 Å². The standard InChI is InChI=1S/C19H26ClN3O5S/c1-2-28-19(25)22-10-7-14(8-11-22)21-18(24)16-13-15(5-6-17(16)20)23-9-3-4-12-29(23,26)27/h5-6,13-14H,2-4,7-12H2,1H3,(H,21,24). The number of amides is 2. The molecule has 29 heavy (non-hydrogen) atoms. The number of sulfonamides is 1. The zero-order valence-electron chi connectivity index (χ0n) is 16.4. The Bertz CT molecular complexity index is 869. The number of hydrogen-bond donors (Lipinski definition) is 1. The molecule has 0 spiro atoms. The van der Waals surface area contributed by atoms with Gasteiger partial charge in [0, 0.05) is 25.7 Å². The molecule has 0 aliphatic carbocycles. The number of nitrogens with one attached hydrogen (secondary N) is 1. The van der Waals surface area contributed by atoms with Crippen molar-refractivity contribution in [2.75, 3.05) is 36.3 Å². The third kappa shape index (κ3) is 5.14. The number of anilines is 1. The molecule has 0 unspecified atom stereocenters. The molecular formula is C19H26ClN3O5S. The summed E-state index contributed by atoms with van der Waals surface area (Å²) >= 11 is 6.22. The van der Waals surface area contributed by atoms with Crippen molar-refractivity contribution in [3.63, 3.8) is 0 Å². The highest BCUT2D eigenvalue weighted by Gasteiger charge is 2.28. The third-order valence-corrected chi connectivity index (χ3v) is 7.39. The van der Waals surface area contributed by atoms with E-state index in [1.165, 1.54) is 10.4 Å². The van der Waals surface area contributed by atoms with Crippen LogP contribution in [0.5, 0.6) is 0 Å². The Morgan fingerprint density at radius 3 is 2.59 bits per heavy atom. The Hall–Kier alpha value is -2.00. The summed E-state index contributed by atoms with van der Waals surface area (Å²) in [5.74, 6) is -0.239. The SMILES string of the molecule is CCOC(=O)N1CCC(NC(=O)c2cc(N3CCCCS3(=O)=O)ccc2Cl)CC1. The van der Waals surface area contributed by atoms with Gasteiger partial charge in [0.1, 0.15) is 0 Å². The van der Waals surface area contributed by atoms with E-state index in [-0.39, 0.29) is 34.4 Å². The minimum absolute atomic E-state index is 0.0911. The van der Waals surface area contributed by atoms with Gasteiger partial charge >= 0.3 is 6.09 Å². The maximum absolute atomic E-state index is 12.8. The summed E-state index contributed by atoms with van der Waals surface area (Å²) in [6.07, 6.45) is 2.31. The van der Waals surface area contributed by atoms with Gasteiger partial charge in [0.15, 0.2) is 0 Å². The van der Waals surface area contributed by atoms with Crippen LogP contribution in [0.4, 0.5) is 10.5 Å². The van der Waals surface area contributed by atoms with E-state index in [0.29, 0.717) is 51.2 Å². The molecule has 10 heteroatoms. The zero-order chi connectivity index (χ0) is 21.0. The fraction of sp³-hybridized carbons (Fsp3) is 0.579. The highest BCUT2D eigenvalue weighted by molar-refractivity contribution is 7.92. The van der Waals surface area contributed by atoms with Gasteiger partial charge in [-0.1, -0.05) is 11.6 Å². The van der Waals surface area contributed by atoms with Crippen LogP contribution in [0.2, 0.25) is 5.02 Å². The highest BCUT2D eigenvalue weighted by Crippen LogP contribution is 2.28. The van der Waals surface area contributed by atoms with Crippen molar-refractivity contribution in [2.45, 2.75) is 38.6 Å². The summed E-state index contributed by atoms with van der Waals surface area (Å²) in [7, 11) is -3.37. The molecule has 0 saturated carbocycles. The monoisotopic (exact) mass is 443 g/mol. The fourth-order valence-electron chi connectivity index (χ4n) is 3.61. The predicted molar refractivity (Wildman–Crippen MR) is 111 cm³/mol. The maximum atomic E-state index is 12.8. The average molecular weight is 444 g/mol. The molecule has 0 aromatic heterocycles. The van der Waals surface area contributed by atoms with Gasteiger partial charge in [-0.25, -0.2) is 13.2 Å². The molecule has 2 saturated heterocycles. The van der Waals surface area contributed by atoms with Crippen LogP contribution in [0.3, 0.4) is 0 Å². The first-order chi connectivity index (χ1) is 13.8. The Balaban J connectivity index is 1.66. The van der Waals surface area contributed by atoms with E-state index in [1.807, 2.05) is 0 Å². The summed E-state index contributed by atoms with van der Waals surface area (Å²) < 4.78 is 31.0. The summed E-state index contributed by atoms with van der Waals surface area (Å²) in [6.45, 7) is 3.50. The van der Waals surface area contributed by atoms with Crippen molar-refractivity contribution in [1.29, 1.82) is 0 Å². The summed E-state index contributed by atoms with van der Waals surface area (Å²) in [6, 6.07) is 4.62. The van der Waals surface area contributed by atoms with Crippen LogP contribution in [-0.2, 0) is 14.8 Å². The van der Waals surface area contributed by atoms with Crippen LogP contribution >= 0.6 is 11.6 Å². The zero-order valence-corrected chi connectivity index (χ0v) is 18.0. The van der Waals surface area contributed by atoms with Gasteiger partial charge in [-0.05, 0) is 50.8 Å². The first-order valence-electron chi connectivity index (χ1n) is 9.84. The predicted octanol–water partition coefficient (Wildman–Crippen LogP) is 2.62. The van der Waals surface area contributed by atoms with Gasteiger partial charge in [-0.15, -0.1) is 0 Å². The van der Waals surface area contributed by atoms with Crippen molar-refractivity contribution in [2.24, 2.45) is 0 Å². The van der Waals surface area contributed by atoms with Gasteiger partial charge in [0.25, 0.3) is 5.91 Å². The Kier molecular flexibility index (Phi) is 6.89. The minimum atomic E-state index is -3.37. The number of carbonyl (C=O) groups is 2. The second kappa shape index (κ2) is 9.21. The molecule has 1 N–H and O–H groups in total. The van der Waals surface area contributed by atoms with E-state index in [0.717, 1.165) is 6.42 Å². The van der Waals surface area contributed by atoms with Crippen LogP contribution in [0, 0.1) is 0 Å². The van der Waals surface area contributed by atoms with Crippen LogP contribution < -0.4 is 9.62 Å². The van der Waals surface area contributed by atoms with E-state index in [2.05, 4.69) is 5.32 Å². The van der Waals surface area contributed by atoms with Crippen molar-refractivity contribution >= 4 is 39.3 Å². The van der Waals surface area contributed by atoms with Gasteiger partial charge in [-0.2, -0.15) is 0 Å². The van der Waals surface area contributed by atoms with Crippen LogP contribution in [0.1, 0.15) is 43.0 Å². The maximum Gasteiger partial charge on any atom is 0.409 e. The normalized spacial score (nSPS) is 19.7. The molecule has 1 aromatic carbocycles. The number of benzene rings is 1. The Labute approximate surface area is 176 Å². The van der Waals surface area contributed by atoms with Crippen LogP contribution in [0.15, 0.2) is 18.2 Å². The lowest BCUT2D eigenvalue weighted by atomic mass is 10.0. The largest absolute Gasteiger partial charge is 0.450 e. The second-order valence-corrected chi connectivity index (χ2v) is 9.61. The first-order valence-corrected chi connectivity index (χ1v) is 11.8. The average Bonchev–Trinajstić information content (AvgIpc) is 2.69. The van der Waals surface area contributed by atoms with Gasteiger partial charge < -0.3 is 15.0 Å². The van der Waals surface area contributed by atoms with Crippen molar-refractivity contribution in [1.82, 2.24) is 10.2 Å². The molecule has 0 atom stereocenters. The van der Waals surface area contributed by atoms with Crippen molar-refractivity contribution in [3.8, 4) is 0 Å². The molecule has 2 fully saturated rings. The smallest absolute Gasteiger partial charge is 0.409 e. The molecule has 8 nitrogen and oxygen atoms in total. The molecule has 0 radical (unpaired) electrons. The van der Waals surface area contributed by atoms with E-state index in [1.54, 1.807) is 24.0 Å². The third-order valence-electron chi connectivity index (χ3n) is 5.19. The first kappa shape index (κ1) is 21.7. The molecule has 2 amide bonds. The van der Waals surface area contributed by atoms with Crippen molar-refractivity contribution in [3.05, 3.63) is 28.8 Å². The lowest BCUT2D eigenvalue weighted by Gasteiger charge is -2.32. The second-order valence-electron chi connectivity index (χ2n) is 7.19. The van der Waals surface area contributed by atoms with Gasteiger partial charge in [0.2, 0.25) is 10.0 Å². The lowest BCUT2D eigenvalue weighted by Crippen LogP contribution is -2.46. The van der Waals surface area contributed by atoms with Crippen LogP contribution in [0.25, 0.3) is 0 Å². The Morgan fingerprint density at radius 1 is 1.21 bits per heavy atom. The quantitative estimate of drug-likeness (QED) is 0.771. The fourth-order valence-corrected chi connectivity index (χ4v) is 5.44. The molecule has 1 aromatic rings. The summed E-state index contributed by atoms with van der Waals surface area (Å²) in [4.78, 5) is 26.2. The van der Waals surface area contributed by atoms with E-state index in [9.17, 15) is 18.0 Å². The molecular weight excluding hydrogens is 418 g/mol. The molecule has 2 aliphatic heterocycles. The number of halogens is 1. The molecule has 0 bridgehead atoms. The van der Waals surface area contributed by atoms with Crippen molar-refractivity contribution < 1.29 is 22.7 Å².